The average molecular weight is 424 g/mol. The quantitative estimate of drug-likeness (QED) is 0.338. The second-order valence-corrected chi connectivity index (χ2v) is 7.19. The predicted molar refractivity (Wildman–Crippen MR) is 121 cm³/mol. The Morgan fingerprint density at radius 2 is 1.59 bits per heavy atom. The molecule has 0 aliphatic heterocycles. The highest BCUT2D eigenvalue weighted by Gasteiger charge is 2.18. The summed E-state index contributed by atoms with van der Waals surface area (Å²) >= 11 is 0. The lowest BCUT2D eigenvalue weighted by Gasteiger charge is -2.11. The minimum Gasteiger partial charge on any atom is -0.494 e. The molecule has 7 nitrogen and oxygen atoms in total. The second kappa shape index (κ2) is 8.47. The number of ether oxygens (including phenoxy) is 2. The Kier molecular flexibility index (Phi) is 5.21. The van der Waals surface area contributed by atoms with E-state index in [4.69, 9.17) is 18.9 Å². The van der Waals surface area contributed by atoms with Gasteiger partial charge in [-0.15, -0.1) is 10.2 Å². The molecule has 0 radical (unpaired) electrons. The number of hydrogen-bond donors (Lipinski definition) is 0. The molecular formula is C25H20N4O3. The number of fused-ring (bicyclic) bond motifs is 1. The standard InChI is InChI=1S/C25H20N4O3/c1-3-30-20-8-9-22-18(14-20)15-21(24(27-22)31-19-6-4-16(2)5-7-19)25-29-28-23(32-25)17-10-12-26-13-11-17/h4-15H,3H2,1-2H3. The van der Waals surface area contributed by atoms with Gasteiger partial charge in [-0.25, -0.2) is 4.98 Å². The number of benzene rings is 2. The summed E-state index contributed by atoms with van der Waals surface area (Å²) in [5.74, 6) is 2.53. The minimum absolute atomic E-state index is 0.315. The van der Waals surface area contributed by atoms with Gasteiger partial charge in [-0.1, -0.05) is 17.7 Å². The summed E-state index contributed by atoms with van der Waals surface area (Å²) in [4.78, 5) is 8.77. The van der Waals surface area contributed by atoms with Gasteiger partial charge >= 0.3 is 0 Å². The fourth-order valence-electron chi connectivity index (χ4n) is 3.29. The highest BCUT2D eigenvalue weighted by molar-refractivity contribution is 5.86. The molecule has 0 fully saturated rings. The van der Waals surface area contributed by atoms with E-state index in [2.05, 4.69) is 15.2 Å². The molecule has 5 rings (SSSR count). The van der Waals surface area contributed by atoms with E-state index in [1.54, 1.807) is 12.4 Å². The lowest BCUT2D eigenvalue weighted by Crippen LogP contribution is -1.95. The van der Waals surface area contributed by atoms with Crippen LogP contribution in [0.4, 0.5) is 0 Å². The van der Waals surface area contributed by atoms with Crippen molar-refractivity contribution in [1.82, 2.24) is 20.2 Å². The van der Waals surface area contributed by atoms with Crippen molar-refractivity contribution in [1.29, 1.82) is 0 Å². The smallest absolute Gasteiger partial charge is 0.253 e. The van der Waals surface area contributed by atoms with E-state index in [1.807, 2.05) is 74.5 Å². The molecule has 2 aromatic carbocycles. The van der Waals surface area contributed by atoms with Crippen LogP contribution in [0.5, 0.6) is 17.4 Å². The van der Waals surface area contributed by atoms with Crippen LogP contribution in [0.15, 0.2) is 77.5 Å². The molecule has 32 heavy (non-hydrogen) atoms. The fourth-order valence-corrected chi connectivity index (χ4v) is 3.29. The molecule has 5 aromatic rings. The van der Waals surface area contributed by atoms with E-state index in [9.17, 15) is 0 Å². The SMILES string of the molecule is CCOc1ccc2nc(Oc3ccc(C)cc3)c(-c3nnc(-c4ccncc4)o3)cc2c1. The minimum atomic E-state index is 0.315. The lowest BCUT2D eigenvalue weighted by atomic mass is 10.1. The van der Waals surface area contributed by atoms with Crippen LogP contribution in [0.1, 0.15) is 12.5 Å². The van der Waals surface area contributed by atoms with Crippen molar-refractivity contribution in [2.75, 3.05) is 6.61 Å². The van der Waals surface area contributed by atoms with Gasteiger partial charge in [0.15, 0.2) is 0 Å². The summed E-state index contributed by atoms with van der Waals surface area (Å²) in [5, 5.41) is 9.33. The zero-order valence-electron chi connectivity index (χ0n) is 17.6. The molecule has 0 unspecified atom stereocenters. The maximum atomic E-state index is 6.14. The maximum absolute atomic E-state index is 6.14. The molecule has 0 amide bonds. The summed E-state index contributed by atoms with van der Waals surface area (Å²) in [5.41, 5.74) is 3.30. The summed E-state index contributed by atoms with van der Waals surface area (Å²) in [7, 11) is 0. The predicted octanol–water partition coefficient (Wildman–Crippen LogP) is 5.85. The van der Waals surface area contributed by atoms with Crippen molar-refractivity contribution in [2.24, 2.45) is 0 Å². The molecule has 0 atom stereocenters. The molecule has 0 aliphatic rings. The first kappa shape index (κ1) is 19.7. The van der Waals surface area contributed by atoms with Crippen molar-refractivity contribution < 1.29 is 13.9 Å². The van der Waals surface area contributed by atoms with Gasteiger partial charge in [0.25, 0.3) is 5.89 Å². The molecule has 3 aromatic heterocycles. The zero-order chi connectivity index (χ0) is 21.9. The first-order valence-electron chi connectivity index (χ1n) is 10.3. The van der Waals surface area contributed by atoms with Crippen LogP contribution in [0, 0.1) is 6.92 Å². The number of rotatable bonds is 6. The van der Waals surface area contributed by atoms with E-state index in [-0.39, 0.29) is 0 Å². The van der Waals surface area contributed by atoms with Crippen LogP contribution in [-0.2, 0) is 0 Å². The maximum Gasteiger partial charge on any atom is 0.253 e. The van der Waals surface area contributed by atoms with Gasteiger partial charge in [0.05, 0.1) is 12.1 Å². The Morgan fingerprint density at radius 3 is 2.38 bits per heavy atom. The highest BCUT2D eigenvalue weighted by Crippen LogP contribution is 2.36. The molecule has 3 heterocycles. The molecular weight excluding hydrogens is 404 g/mol. The highest BCUT2D eigenvalue weighted by atomic mass is 16.5. The van der Waals surface area contributed by atoms with Crippen LogP contribution in [0.25, 0.3) is 33.8 Å². The topological polar surface area (TPSA) is 83.2 Å². The van der Waals surface area contributed by atoms with Crippen molar-refractivity contribution in [3.05, 3.63) is 78.6 Å². The van der Waals surface area contributed by atoms with E-state index in [1.165, 1.54) is 0 Å². The number of aromatic nitrogens is 4. The summed E-state index contributed by atoms with van der Waals surface area (Å²) in [6.07, 6.45) is 3.36. The Hall–Kier alpha value is -4.26. The van der Waals surface area contributed by atoms with Crippen molar-refractivity contribution in [3.63, 3.8) is 0 Å². The van der Waals surface area contributed by atoms with E-state index in [0.717, 1.165) is 27.8 Å². The first-order valence-corrected chi connectivity index (χ1v) is 10.3. The summed E-state index contributed by atoms with van der Waals surface area (Å²) in [6.45, 7) is 4.56. The number of hydrogen-bond acceptors (Lipinski definition) is 7. The number of pyridine rings is 2. The molecule has 0 spiro atoms. The van der Waals surface area contributed by atoms with Gasteiger partial charge in [0.1, 0.15) is 17.1 Å². The summed E-state index contributed by atoms with van der Waals surface area (Å²) in [6, 6.07) is 19.1. The Bertz CT molecular complexity index is 1370. The van der Waals surface area contributed by atoms with Gasteiger partial charge in [-0.05, 0) is 62.4 Å². The average Bonchev–Trinajstić information content (AvgIpc) is 3.31. The third-order valence-electron chi connectivity index (χ3n) is 4.88. The Morgan fingerprint density at radius 1 is 0.844 bits per heavy atom. The molecule has 0 saturated carbocycles. The molecule has 0 N–H and O–H groups in total. The Labute approximate surface area is 184 Å². The van der Waals surface area contributed by atoms with Gasteiger partial charge < -0.3 is 13.9 Å². The van der Waals surface area contributed by atoms with Gasteiger partial charge in [-0.3, -0.25) is 4.98 Å². The number of nitrogens with zero attached hydrogens (tertiary/aromatic N) is 4. The molecule has 0 bridgehead atoms. The van der Waals surface area contributed by atoms with Crippen LogP contribution in [-0.4, -0.2) is 26.8 Å². The summed E-state index contributed by atoms with van der Waals surface area (Å²) < 4.78 is 17.8. The van der Waals surface area contributed by atoms with Crippen LogP contribution in [0.3, 0.4) is 0 Å². The van der Waals surface area contributed by atoms with E-state index >= 15 is 0 Å². The third-order valence-corrected chi connectivity index (χ3v) is 4.88. The molecule has 0 aliphatic carbocycles. The normalized spacial score (nSPS) is 10.9. The molecule has 7 heteroatoms. The monoisotopic (exact) mass is 424 g/mol. The van der Waals surface area contributed by atoms with E-state index < -0.39 is 0 Å². The first-order chi connectivity index (χ1) is 15.7. The van der Waals surface area contributed by atoms with Crippen LogP contribution in [0.2, 0.25) is 0 Å². The Balaban J connectivity index is 1.62. The zero-order valence-corrected chi connectivity index (χ0v) is 17.6. The van der Waals surface area contributed by atoms with Crippen LogP contribution >= 0.6 is 0 Å². The second-order valence-electron chi connectivity index (χ2n) is 7.19. The largest absolute Gasteiger partial charge is 0.494 e. The lowest BCUT2D eigenvalue weighted by molar-refractivity contribution is 0.340. The molecule has 0 saturated heterocycles. The van der Waals surface area contributed by atoms with Crippen LogP contribution < -0.4 is 9.47 Å². The van der Waals surface area contributed by atoms with Crippen molar-refractivity contribution in [3.8, 4) is 40.3 Å². The fraction of sp³-hybridized carbons (Fsp3) is 0.120. The van der Waals surface area contributed by atoms with E-state index in [0.29, 0.717) is 35.6 Å². The number of aryl methyl sites for hydroxylation is 1. The van der Waals surface area contributed by atoms with Gasteiger partial charge in [0, 0.05) is 23.3 Å². The van der Waals surface area contributed by atoms with Crippen molar-refractivity contribution >= 4 is 10.9 Å². The third kappa shape index (κ3) is 4.00. The van der Waals surface area contributed by atoms with Gasteiger partial charge in [0.2, 0.25) is 11.8 Å². The van der Waals surface area contributed by atoms with Gasteiger partial charge in [-0.2, -0.15) is 0 Å². The van der Waals surface area contributed by atoms with Crippen molar-refractivity contribution in [2.45, 2.75) is 13.8 Å². The molecule has 158 valence electrons.